The third-order valence-corrected chi connectivity index (χ3v) is 7.14. The second-order valence-corrected chi connectivity index (χ2v) is 10.1. The van der Waals surface area contributed by atoms with Crippen LogP contribution in [0, 0.1) is 0 Å². The van der Waals surface area contributed by atoms with Crippen LogP contribution in [-0.4, -0.2) is 41.4 Å². The van der Waals surface area contributed by atoms with Gasteiger partial charge in [0, 0.05) is 36.3 Å². The quantitative estimate of drug-likeness (QED) is 0.486. The largest absolute Gasteiger partial charge is 0.496 e. The van der Waals surface area contributed by atoms with Gasteiger partial charge < -0.3 is 19.3 Å². The summed E-state index contributed by atoms with van der Waals surface area (Å²) in [6, 6.07) is 8.11. The molecule has 0 amide bonds. The Labute approximate surface area is 204 Å². The number of ether oxygens (including phenoxy) is 1. The number of aromatic nitrogens is 1. The first-order valence-corrected chi connectivity index (χ1v) is 11.8. The molecule has 4 rings (SSSR count). The van der Waals surface area contributed by atoms with E-state index < -0.39 is 30.2 Å². The van der Waals surface area contributed by atoms with E-state index in [-0.39, 0.29) is 5.43 Å². The van der Waals surface area contributed by atoms with Gasteiger partial charge in [0.25, 0.3) is 0 Å². The van der Waals surface area contributed by atoms with Crippen molar-refractivity contribution in [3.8, 4) is 5.75 Å². The predicted octanol–water partition coefficient (Wildman–Crippen LogP) is 5.09. The summed E-state index contributed by atoms with van der Waals surface area (Å²) in [4.78, 5) is 18.1. The molecule has 0 radical (unpaired) electrons. The maximum Gasteiger partial charge on any atom is 0.418 e. The molecular weight excluding hydrogens is 479 g/mol. The Morgan fingerprint density at radius 1 is 1.20 bits per heavy atom. The molecule has 3 aromatic rings. The smallest absolute Gasteiger partial charge is 0.418 e. The zero-order chi connectivity index (χ0) is 25.4. The van der Waals surface area contributed by atoms with Gasteiger partial charge in [0.15, 0.2) is 11.0 Å². The fourth-order valence-corrected chi connectivity index (χ4v) is 5.30. The lowest BCUT2D eigenvalue weighted by Crippen LogP contribution is -2.52. The normalized spacial score (nSPS) is 16.0. The number of anilines is 1. The van der Waals surface area contributed by atoms with Crippen LogP contribution in [-0.2, 0) is 12.0 Å². The lowest BCUT2D eigenvalue weighted by molar-refractivity contribution is -0.271. The fourth-order valence-electron chi connectivity index (χ4n) is 4.48. The maximum absolute atomic E-state index is 14.4. The van der Waals surface area contributed by atoms with Gasteiger partial charge in [-0.2, -0.15) is 13.2 Å². The van der Waals surface area contributed by atoms with Crippen molar-refractivity contribution in [2.45, 2.75) is 44.0 Å². The lowest BCUT2D eigenvalue weighted by Gasteiger charge is -2.39. The van der Waals surface area contributed by atoms with Gasteiger partial charge >= 0.3 is 6.18 Å². The average molecular weight is 506 g/mol. The Morgan fingerprint density at radius 3 is 2.63 bits per heavy atom. The second kappa shape index (κ2) is 9.16. The number of nitrogens with zero attached hydrogens (tertiary/aromatic N) is 3. The number of rotatable bonds is 7. The van der Waals surface area contributed by atoms with Crippen molar-refractivity contribution in [1.29, 1.82) is 0 Å². The standard InChI is InChI=1S/C25H26F3N3O3S/c1-23(2,18-13-17(5-6-21(18)34-3)31-10-4-9-29-16-31)14-24(33,25(26,27)28)15-30-11-7-20(32)22-19(30)8-12-35-22/h4-9,11-13,16,33H,10,14-15H2,1-3H3. The SMILES string of the molecule is COc1ccc(N2C=NC=CC2)cc1C(C)(C)CC(O)(Cn1ccc(=O)c2sccc21)C(F)(F)F. The number of hydrogen-bond donors (Lipinski definition) is 1. The minimum Gasteiger partial charge on any atom is -0.496 e. The van der Waals surface area contributed by atoms with Crippen LogP contribution in [0.1, 0.15) is 25.8 Å². The van der Waals surface area contributed by atoms with Gasteiger partial charge in [-0.25, -0.2) is 4.99 Å². The van der Waals surface area contributed by atoms with Gasteiger partial charge in [-0.1, -0.05) is 13.8 Å². The summed E-state index contributed by atoms with van der Waals surface area (Å²) in [6.07, 6.45) is 0.932. The first-order valence-electron chi connectivity index (χ1n) is 10.9. The molecule has 1 aliphatic rings. The minimum atomic E-state index is -4.93. The molecule has 1 unspecified atom stereocenters. The number of aliphatic hydroxyl groups is 1. The molecule has 3 heterocycles. The Hall–Kier alpha value is -3.11. The average Bonchev–Trinajstić information content (AvgIpc) is 3.31. The monoisotopic (exact) mass is 505 g/mol. The van der Waals surface area contributed by atoms with E-state index in [1.165, 1.54) is 23.9 Å². The van der Waals surface area contributed by atoms with Gasteiger partial charge in [0.1, 0.15) is 5.75 Å². The Balaban J connectivity index is 1.73. The molecule has 1 aromatic carbocycles. The van der Waals surface area contributed by atoms with Crippen LogP contribution < -0.4 is 15.1 Å². The van der Waals surface area contributed by atoms with Crippen molar-refractivity contribution in [2.75, 3.05) is 18.6 Å². The highest BCUT2D eigenvalue weighted by Crippen LogP contribution is 2.45. The number of methoxy groups -OCH3 is 1. The first-order chi connectivity index (χ1) is 16.4. The van der Waals surface area contributed by atoms with E-state index in [0.29, 0.717) is 28.1 Å². The summed E-state index contributed by atoms with van der Waals surface area (Å²) in [5, 5.41) is 12.8. The molecule has 1 aliphatic heterocycles. The van der Waals surface area contributed by atoms with Crippen molar-refractivity contribution >= 4 is 33.6 Å². The first kappa shape index (κ1) is 25.0. The molecule has 1 N–H and O–H groups in total. The number of alkyl halides is 3. The molecular formula is C25H26F3N3O3S. The highest BCUT2D eigenvalue weighted by molar-refractivity contribution is 7.17. The maximum atomic E-state index is 14.4. The van der Waals surface area contributed by atoms with E-state index in [1.54, 1.807) is 50.0 Å². The molecule has 0 saturated heterocycles. The van der Waals surface area contributed by atoms with E-state index in [4.69, 9.17) is 4.74 Å². The van der Waals surface area contributed by atoms with E-state index in [9.17, 15) is 23.1 Å². The van der Waals surface area contributed by atoms with Crippen molar-refractivity contribution in [3.05, 3.63) is 70.0 Å². The predicted molar refractivity (Wildman–Crippen MR) is 133 cm³/mol. The zero-order valence-corrected chi connectivity index (χ0v) is 20.4. The number of fused-ring (bicyclic) bond motifs is 1. The van der Waals surface area contributed by atoms with Crippen LogP contribution in [0.2, 0.25) is 0 Å². The van der Waals surface area contributed by atoms with Crippen LogP contribution in [0.3, 0.4) is 0 Å². The van der Waals surface area contributed by atoms with Crippen molar-refractivity contribution in [2.24, 2.45) is 4.99 Å². The topological polar surface area (TPSA) is 67.1 Å². The number of thiophene rings is 1. The Morgan fingerprint density at radius 2 is 1.97 bits per heavy atom. The molecule has 0 aliphatic carbocycles. The molecule has 2 aromatic heterocycles. The van der Waals surface area contributed by atoms with E-state index >= 15 is 0 Å². The van der Waals surface area contributed by atoms with E-state index in [2.05, 4.69) is 4.99 Å². The van der Waals surface area contributed by atoms with Crippen molar-refractivity contribution in [1.82, 2.24) is 4.57 Å². The molecule has 6 nitrogen and oxygen atoms in total. The molecule has 1 atom stereocenters. The molecule has 0 saturated carbocycles. The van der Waals surface area contributed by atoms with Crippen LogP contribution in [0.15, 0.2) is 64.0 Å². The van der Waals surface area contributed by atoms with E-state index in [0.717, 1.165) is 17.0 Å². The summed E-state index contributed by atoms with van der Waals surface area (Å²) in [5.74, 6) is 0.427. The van der Waals surface area contributed by atoms with E-state index in [1.807, 2.05) is 17.0 Å². The number of hydrogen-bond acceptors (Lipinski definition) is 6. The van der Waals surface area contributed by atoms with Crippen LogP contribution in [0.4, 0.5) is 18.9 Å². The Bertz CT molecular complexity index is 1340. The highest BCUT2D eigenvalue weighted by Gasteiger charge is 2.56. The third-order valence-electron chi connectivity index (χ3n) is 6.22. The van der Waals surface area contributed by atoms with Crippen LogP contribution >= 0.6 is 11.3 Å². The summed E-state index contributed by atoms with van der Waals surface area (Å²) in [5.41, 5.74) is -2.83. The lowest BCUT2D eigenvalue weighted by atomic mass is 9.74. The highest BCUT2D eigenvalue weighted by atomic mass is 32.1. The third kappa shape index (κ3) is 4.85. The molecule has 0 spiro atoms. The van der Waals surface area contributed by atoms with Crippen molar-refractivity contribution in [3.63, 3.8) is 0 Å². The fraction of sp³-hybridized carbons (Fsp3) is 0.360. The van der Waals surface area contributed by atoms with Gasteiger partial charge in [-0.3, -0.25) is 4.79 Å². The van der Waals surface area contributed by atoms with Crippen LogP contribution in [0.5, 0.6) is 5.75 Å². The number of pyridine rings is 1. The number of benzene rings is 1. The number of aliphatic imine (C=N–C) groups is 1. The number of halogens is 3. The van der Waals surface area contributed by atoms with Gasteiger partial charge in [-0.05, 0) is 47.6 Å². The van der Waals surface area contributed by atoms with Gasteiger partial charge in [-0.15, -0.1) is 11.3 Å². The summed E-state index contributed by atoms with van der Waals surface area (Å²) in [6.45, 7) is 3.13. The molecule has 186 valence electrons. The summed E-state index contributed by atoms with van der Waals surface area (Å²) < 4.78 is 50.3. The molecule has 0 bridgehead atoms. The van der Waals surface area contributed by atoms with Crippen LogP contribution in [0.25, 0.3) is 10.2 Å². The zero-order valence-electron chi connectivity index (χ0n) is 19.5. The van der Waals surface area contributed by atoms with Crippen molar-refractivity contribution < 1.29 is 23.0 Å². The van der Waals surface area contributed by atoms with Gasteiger partial charge in [0.2, 0.25) is 0 Å². The molecule has 10 heteroatoms. The minimum absolute atomic E-state index is 0.264. The van der Waals surface area contributed by atoms with Gasteiger partial charge in [0.05, 0.1) is 30.2 Å². The second-order valence-electron chi connectivity index (χ2n) is 9.22. The molecule has 0 fully saturated rings. The summed E-state index contributed by atoms with van der Waals surface area (Å²) in [7, 11) is 1.46. The Kier molecular flexibility index (Phi) is 6.54. The molecule has 35 heavy (non-hydrogen) atoms. The summed E-state index contributed by atoms with van der Waals surface area (Å²) >= 11 is 1.16.